The zero-order valence-corrected chi connectivity index (χ0v) is 12.0. The number of hydrogen-bond acceptors (Lipinski definition) is 3. The lowest BCUT2D eigenvalue weighted by molar-refractivity contribution is 0.719. The topological polar surface area (TPSA) is 29.9 Å². The SMILES string of the molecule is CCCc1nc(Cn2ccc(CNCC)c2)cs1. The van der Waals surface area contributed by atoms with Gasteiger partial charge in [-0.05, 0) is 31.0 Å². The minimum atomic E-state index is 0.881. The Morgan fingerprint density at radius 3 is 3.06 bits per heavy atom. The van der Waals surface area contributed by atoms with Crippen LogP contribution in [0.15, 0.2) is 23.8 Å². The van der Waals surface area contributed by atoms with Crippen LogP contribution in [0.3, 0.4) is 0 Å². The predicted octanol–water partition coefficient (Wildman–Crippen LogP) is 3.05. The molecule has 0 bridgehead atoms. The number of aryl methyl sites for hydroxylation is 1. The van der Waals surface area contributed by atoms with Crippen LogP contribution in [0.5, 0.6) is 0 Å². The minimum absolute atomic E-state index is 0.881. The highest BCUT2D eigenvalue weighted by Gasteiger charge is 2.03. The Kier molecular flexibility index (Phi) is 4.96. The first-order valence-electron chi connectivity index (χ1n) is 6.60. The molecule has 18 heavy (non-hydrogen) atoms. The minimum Gasteiger partial charge on any atom is -0.348 e. The van der Waals surface area contributed by atoms with Gasteiger partial charge in [0.05, 0.1) is 17.2 Å². The van der Waals surface area contributed by atoms with Gasteiger partial charge in [-0.3, -0.25) is 0 Å². The van der Waals surface area contributed by atoms with Gasteiger partial charge < -0.3 is 9.88 Å². The van der Waals surface area contributed by atoms with E-state index in [1.54, 1.807) is 11.3 Å². The Labute approximate surface area is 113 Å². The van der Waals surface area contributed by atoms with E-state index in [0.29, 0.717) is 0 Å². The second-order valence-corrected chi connectivity index (χ2v) is 5.40. The lowest BCUT2D eigenvalue weighted by Crippen LogP contribution is -2.11. The molecule has 0 amide bonds. The number of aromatic nitrogens is 2. The summed E-state index contributed by atoms with van der Waals surface area (Å²) in [5.41, 5.74) is 2.51. The third kappa shape index (κ3) is 3.68. The van der Waals surface area contributed by atoms with Crippen molar-refractivity contribution in [2.75, 3.05) is 6.54 Å². The summed E-state index contributed by atoms with van der Waals surface area (Å²) in [6.07, 6.45) is 6.60. The molecule has 0 saturated heterocycles. The van der Waals surface area contributed by atoms with E-state index in [0.717, 1.165) is 26.1 Å². The number of nitrogens with one attached hydrogen (secondary N) is 1. The standard InChI is InChI=1S/C14H21N3S/c1-3-5-14-16-13(11-18-14)10-17-7-6-12(9-17)8-15-4-2/h6-7,9,11,15H,3-5,8,10H2,1-2H3. The van der Waals surface area contributed by atoms with E-state index in [9.17, 15) is 0 Å². The Hall–Kier alpha value is -1.13. The summed E-state index contributed by atoms with van der Waals surface area (Å²) in [4.78, 5) is 4.65. The van der Waals surface area contributed by atoms with Crippen molar-refractivity contribution < 1.29 is 0 Å². The van der Waals surface area contributed by atoms with Crippen molar-refractivity contribution in [1.82, 2.24) is 14.9 Å². The van der Waals surface area contributed by atoms with Gasteiger partial charge in [0.2, 0.25) is 0 Å². The Morgan fingerprint density at radius 1 is 1.39 bits per heavy atom. The summed E-state index contributed by atoms with van der Waals surface area (Å²) in [5.74, 6) is 0. The molecular formula is C14H21N3S. The monoisotopic (exact) mass is 263 g/mol. The zero-order valence-electron chi connectivity index (χ0n) is 11.1. The van der Waals surface area contributed by atoms with Crippen molar-refractivity contribution in [1.29, 1.82) is 0 Å². The molecule has 0 aliphatic carbocycles. The largest absolute Gasteiger partial charge is 0.348 e. The molecule has 0 unspecified atom stereocenters. The summed E-state index contributed by atoms with van der Waals surface area (Å²) >= 11 is 1.78. The smallest absolute Gasteiger partial charge is 0.0928 e. The molecule has 0 atom stereocenters. The molecule has 0 aromatic carbocycles. The fourth-order valence-corrected chi connectivity index (χ4v) is 2.79. The Morgan fingerprint density at radius 2 is 2.28 bits per heavy atom. The molecule has 2 aromatic rings. The van der Waals surface area contributed by atoms with E-state index < -0.39 is 0 Å². The fourth-order valence-electron chi connectivity index (χ4n) is 1.90. The molecule has 0 spiro atoms. The predicted molar refractivity (Wildman–Crippen MR) is 77.0 cm³/mol. The van der Waals surface area contributed by atoms with E-state index in [4.69, 9.17) is 0 Å². The van der Waals surface area contributed by atoms with Crippen LogP contribution in [0.1, 0.15) is 36.5 Å². The van der Waals surface area contributed by atoms with Crippen LogP contribution >= 0.6 is 11.3 Å². The van der Waals surface area contributed by atoms with Crippen LogP contribution in [-0.2, 0) is 19.5 Å². The summed E-state index contributed by atoms with van der Waals surface area (Å²) < 4.78 is 2.21. The average Bonchev–Trinajstić information content (AvgIpc) is 2.98. The van der Waals surface area contributed by atoms with Crippen LogP contribution in [0.4, 0.5) is 0 Å². The average molecular weight is 263 g/mol. The number of nitrogens with zero attached hydrogens (tertiary/aromatic N) is 2. The van der Waals surface area contributed by atoms with Crippen LogP contribution < -0.4 is 5.32 Å². The van der Waals surface area contributed by atoms with Crippen LogP contribution in [0.25, 0.3) is 0 Å². The van der Waals surface area contributed by atoms with Crippen molar-refractivity contribution in [3.05, 3.63) is 40.1 Å². The van der Waals surface area contributed by atoms with E-state index in [1.165, 1.54) is 22.7 Å². The van der Waals surface area contributed by atoms with Gasteiger partial charge in [-0.25, -0.2) is 4.98 Å². The molecule has 3 nitrogen and oxygen atoms in total. The quantitative estimate of drug-likeness (QED) is 0.832. The maximum atomic E-state index is 4.65. The number of thiazole rings is 1. The van der Waals surface area contributed by atoms with E-state index in [2.05, 4.69) is 52.6 Å². The van der Waals surface area contributed by atoms with E-state index in [1.807, 2.05) is 0 Å². The normalized spacial score (nSPS) is 11.0. The molecule has 4 heteroatoms. The highest BCUT2D eigenvalue weighted by atomic mass is 32.1. The van der Waals surface area contributed by atoms with Gasteiger partial charge in [0.1, 0.15) is 0 Å². The van der Waals surface area contributed by atoms with Gasteiger partial charge in [-0.1, -0.05) is 13.8 Å². The summed E-state index contributed by atoms with van der Waals surface area (Å²) in [6.45, 7) is 7.16. The Balaban J connectivity index is 1.93. The van der Waals surface area contributed by atoms with Gasteiger partial charge >= 0.3 is 0 Å². The van der Waals surface area contributed by atoms with E-state index in [-0.39, 0.29) is 0 Å². The second-order valence-electron chi connectivity index (χ2n) is 4.45. The molecule has 2 heterocycles. The van der Waals surface area contributed by atoms with Crippen LogP contribution in [-0.4, -0.2) is 16.1 Å². The maximum absolute atomic E-state index is 4.65. The molecule has 0 saturated carbocycles. The summed E-state index contributed by atoms with van der Waals surface area (Å²) in [6, 6.07) is 2.17. The summed E-state index contributed by atoms with van der Waals surface area (Å²) in [5, 5.41) is 6.77. The highest BCUT2D eigenvalue weighted by Crippen LogP contribution is 2.13. The lowest BCUT2D eigenvalue weighted by atomic mass is 10.3. The maximum Gasteiger partial charge on any atom is 0.0928 e. The van der Waals surface area contributed by atoms with Gasteiger partial charge in [-0.2, -0.15) is 0 Å². The number of rotatable bonds is 7. The van der Waals surface area contributed by atoms with E-state index >= 15 is 0 Å². The van der Waals surface area contributed by atoms with Gasteiger partial charge in [0.15, 0.2) is 0 Å². The third-order valence-electron chi connectivity index (χ3n) is 2.80. The van der Waals surface area contributed by atoms with Crippen molar-refractivity contribution >= 4 is 11.3 Å². The number of hydrogen-bond donors (Lipinski definition) is 1. The fraction of sp³-hybridized carbons (Fsp3) is 0.500. The zero-order chi connectivity index (χ0) is 12.8. The molecule has 0 fully saturated rings. The molecule has 2 aromatic heterocycles. The lowest BCUT2D eigenvalue weighted by Gasteiger charge is -2.00. The third-order valence-corrected chi connectivity index (χ3v) is 3.76. The highest BCUT2D eigenvalue weighted by molar-refractivity contribution is 7.09. The molecule has 1 N–H and O–H groups in total. The first-order valence-corrected chi connectivity index (χ1v) is 7.48. The molecule has 98 valence electrons. The second kappa shape index (κ2) is 6.71. The van der Waals surface area contributed by atoms with Crippen LogP contribution in [0, 0.1) is 0 Å². The molecular weight excluding hydrogens is 242 g/mol. The van der Waals surface area contributed by atoms with Gasteiger partial charge in [0, 0.05) is 24.3 Å². The van der Waals surface area contributed by atoms with Crippen molar-refractivity contribution in [2.24, 2.45) is 0 Å². The first kappa shape index (κ1) is 13.3. The van der Waals surface area contributed by atoms with Gasteiger partial charge in [0.25, 0.3) is 0 Å². The molecule has 2 rings (SSSR count). The Bertz CT molecular complexity index is 473. The first-order chi connectivity index (χ1) is 8.81. The summed E-state index contributed by atoms with van der Waals surface area (Å²) in [7, 11) is 0. The van der Waals surface area contributed by atoms with Crippen molar-refractivity contribution in [2.45, 2.75) is 39.8 Å². The van der Waals surface area contributed by atoms with Crippen molar-refractivity contribution in [3.63, 3.8) is 0 Å². The molecule has 0 radical (unpaired) electrons. The van der Waals surface area contributed by atoms with Crippen LogP contribution in [0.2, 0.25) is 0 Å². The molecule has 0 aliphatic heterocycles. The molecule has 0 aliphatic rings. The van der Waals surface area contributed by atoms with Gasteiger partial charge in [-0.15, -0.1) is 11.3 Å². The van der Waals surface area contributed by atoms with Crippen molar-refractivity contribution in [3.8, 4) is 0 Å².